The predicted octanol–water partition coefficient (Wildman–Crippen LogP) is 0.632. The van der Waals surface area contributed by atoms with Crippen LogP contribution >= 0.6 is 11.8 Å². The molecule has 2 rings (SSSR count). The zero-order chi connectivity index (χ0) is 14.7. The standard InChI is InChI=1S/C12H18N4O3S/c1-3-16-8(2)13-14-12(16)20-5-4-15-7-9(11(18)19)6-10(15)17/h9H,3-7H2,1-2H3,(H,18,19)/t9-/m0/s1. The molecule has 1 aliphatic heterocycles. The number of hydrogen-bond acceptors (Lipinski definition) is 5. The Bertz CT molecular complexity index is 517. The highest BCUT2D eigenvalue weighted by atomic mass is 32.2. The van der Waals surface area contributed by atoms with Crippen LogP contribution in [0.4, 0.5) is 0 Å². The number of carbonyl (C=O) groups is 2. The monoisotopic (exact) mass is 298 g/mol. The molecular formula is C12H18N4O3S. The van der Waals surface area contributed by atoms with Crippen molar-refractivity contribution in [2.75, 3.05) is 18.8 Å². The fourth-order valence-electron chi connectivity index (χ4n) is 2.23. The van der Waals surface area contributed by atoms with Gasteiger partial charge in [-0.3, -0.25) is 9.59 Å². The Labute approximate surface area is 121 Å². The molecular weight excluding hydrogens is 280 g/mol. The van der Waals surface area contributed by atoms with Gasteiger partial charge >= 0.3 is 5.97 Å². The van der Waals surface area contributed by atoms with Crippen LogP contribution in [0.2, 0.25) is 0 Å². The first-order valence-electron chi connectivity index (χ1n) is 6.56. The highest BCUT2D eigenvalue weighted by molar-refractivity contribution is 7.99. The van der Waals surface area contributed by atoms with Crippen molar-refractivity contribution < 1.29 is 14.7 Å². The van der Waals surface area contributed by atoms with E-state index in [0.717, 1.165) is 17.5 Å². The lowest BCUT2D eigenvalue weighted by Crippen LogP contribution is -2.28. The molecule has 8 heteroatoms. The van der Waals surface area contributed by atoms with Gasteiger partial charge in [-0.1, -0.05) is 11.8 Å². The van der Waals surface area contributed by atoms with Gasteiger partial charge in [0, 0.05) is 31.8 Å². The van der Waals surface area contributed by atoms with E-state index >= 15 is 0 Å². The summed E-state index contributed by atoms with van der Waals surface area (Å²) in [7, 11) is 0. The van der Waals surface area contributed by atoms with E-state index < -0.39 is 11.9 Å². The van der Waals surface area contributed by atoms with E-state index in [0.29, 0.717) is 18.8 Å². The molecule has 0 aliphatic carbocycles. The molecule has 2 heterocycles. The van der Waals surface area contributed by atoms with Gasteiger partial charge < -0.3 is 14.6 Å². The lowest BCUT2D eigenvalue weighted by Gasteiger charge is -2.15. The zero-order valence-electron chi connectivity index (χ0n) is 11.6. The molecule has 1 aromatic heterocycles. The lowest BCUT2D eigenvalue weighted by atomic mass is 10.1. The van der Waals surface area contributed by atoms with Crippen LogP contribution in [0.1, 0.15) is 19.2 Å². The number of hydrogen-bond donors (Lipinski definition) is 1. The summed E-state index contributed by atoms with van der Waals surface area (Å²) in [5, 5.41) is 17.9. The molecule has 0 spiro atoms. The first-order chi connectivity index (χ1) is 9.52. The molecule has 1 aliphatic rings. The minimum absolute atomic E-state index is 0.0776. The molecule has 0 aromatic carbocycles. The Morgan fingerprint density at radius 2 is 2.25 bits per heavy atom. The molecule has 1 atom stereocenters. The largest absolute Gasteiger partial charge is 0.481 e. The number of aromatic nitrogens is 3. The first-order valence-corrected chi connectivity index (χ1v) is 7.54. The molecule has 20 heavy (non-hydrogen) atoms. The Hall–Kier alpha value is -1.57. The van der Waals surface area contributed by atoms with E-state index in [1.165, 1.54) is 11.8 Å². The maximum Gasteiger partial charge on any atom is 0.308 e. The molecule has 1 aromatic rings. The van der Waals surface area contributed by atoms with Crippen molar-refractivity contribution in [3.63, 3.8) is 0 Å². The van der Waals surface area contributed by atoms with Crippen molar-refractivity contribution in [2.24, 2.45) is 5.92 Å². The maximum absolute atomic E-state index is 11.7. The van der Waals surface area contributed by atoms with Crippen LogP contribution in [0, 0.1) is 12.8 Å². The summed E-state index contributed by atoms with van der Waals surface area (Å²) in [5.41, 5.74) is 0. The van der Waals surface area contributed by atoms with Crippen molar-refractivity contribution in [1.82, 2.24) is 19.7 Å². The zero-order valence-corrected chi connectivity index (χ0v) is 12.4. The van der Waals surface area contributed by atoms with E-state index in [1.54, 1.807) is 4.90 Å². The topological polar surface area (TPSA) is 88.3 Å². The van der Waals surface area contributed by atoms with Crippen molar-refractivity contribution in [2.45, 2.75) is 32.0 Å². The van der Waals surface area contributed by atoms with Crippen LogP contribution in [0.3, 0.4) is 0 Å². The highest BCUT2D eigenvalue weighted by Crippen LogP contribution is 2.21. The van der Waals surface area contributed by atoms with Gasteiger partial charge in [0.25, 0.3) is 0 Å². The smallest absolute Gasteiger partial charge is 0.308 e. The second kappa shape index (κ2) is 6.25. The van der Waals surface area contributed by atoms with Crippen LogP contribution in [-0.2, 0) is 16.1 Å². The van der Waals surface area contributed by atoms with Gasteiger partial charge in [0.15, 0.2) is 5.16 Å². The van der Waals surface area contributed by atoms with Gasteiger partial charge in [-0.2, -0.15) is 0 Å². The number of aliphatic carboxylic acids is 1. The number of thioether (sulfide) groups is 1. The van der Waals surface area contributed by atoms with Gasteiger partial charge in [0.05, 0.1) is 5.92 Å². The van der Waals surface area contributed by atoms with E-state index in [1.807, 2.05) is 18.4 Å². The van der Waals surface area contributed by atoms with Gasteiger partial charge in [-0.05, 0) is 13.8 Å². The molecule has 0 bridgehead atoms. The normalized spacial score (nSPS) is 18.8. The summed E-state index contributed by atoms with van der Waals surface area (Å²) >= 11 is 1.54. The van der Waals surface area contributed by atoms with Gasteiger partial charge in [-0.25, -0.2) is 0 Å². The second-order valence-corrected chi connectivity index (χ2v) is 5.76. The Morgan fingerprint density at radius 3 is 2.85 bits per heavy atom. The van der Waals surface area contributed by atoms with Crippen LogP contribution in [0.25, 0.3) is 0 Å². The molecule has 0 saturated carbocycles. The summed E-state index contributed by atoms with van der Waals surface area (Å²) in [5.74, 6) is 0.0316. The first kappa shape index (κ1) is 14.8. The number of aryl methyl sites for hydroxylation is 1. The number of carbonyl (C=O) groups excluding carboxylic acids is 1. The van der Waals surface area contributed by atoms with Crippen LogP contribution in [0.15, 0.2) is 5.16 Å². The minimum Gasteiger partial charge on any atom is -0.481 e. The predicted molar refractivity (Wildman–Crippen MR) is 73.5 cm³/mol. The van der Waals surface area contributed by atoms with E-state index in [9.17, 15) is 9.59 Å². The quantitative estimate of drug-likeness (QED) is 0.775. The summed E-state index contributed by atoms with van der Waals surface area (Å²) < 4.78 is 2.01. The molecule has 0 radical (unpaired) electrons. The summed E-state index contributed by atoms with van der Waals surface area (Å²) in [6.07, 6.45) is 0.115. The van der Waals surface area contributed by atoms with Crippen molar-refractivity contribution in [3.8, 4) is 0 Å². The third-order valence-electron chi connectivity index (χ3n) is 3.37. The van der Waals surface area contributed by atoms with Crippen LogP contribution in [-0.4, -0.2) is 55.5 Å². The second-order valence-electron chi connectivity index (χ2n) is 4.70. The van der Waals surface area contributed by atoms with Crippen LogP contribution < -0.4 is 0 Å². The number of likely N-dealkylation sites (tertiary alicyclic amines) is 1. The molecule has 1 N–H and O–H groups in total. The molecule has 1 fully saturated rings. The van der Waals surface area contributed by atoms with Gasteiger partial charge in [-0.15, -0.1) is 10.2 Å². The number of carboxylic acid groups (broad SMARTS) is 1. The SMILES string of the molecule is CCn1c(C)nnc1SCCN1C[C@@H](C(=O)O)CC1=O. The number of nitrogens with zero attached hydrogens (tertiary/aromatic N) is 4. The molecule has 1 saturated heterocycles. The summed E-state index contributed by atoms with van der Waals surface area (Å²) in [4.78, 5) is 24.2. The molecule has 0 unspecified atom stereocenters. The Kier molecular flexibility index (Phi) is 4.64. The van der Waals surface area contributed by atoms with E-state index in [2.05, 4.69) is 10.2 Å². The maximum atomic E-state index is 11.7. The van der Waals surface area contributed by atoms with Gasteiger partial charge in [0.1, 0.15) is 5.82 Å². The fourth-order valence-corrected chi connectivity index (χ4v) is 3.24. The van der Waals surface area contributed by atoms with E-state index in [-0.39, 0.29) is 12.3 Å². The molecule has 110 valence electrons. The van der Waals surface area contributed by atoms with Crippen molar-refractivity contribution in [3.05, 3.63) is 5.82 Å². The van der Waals surface area contributed by atoms with Crippen LogP contribution in [0.5, 0.6) is 0 Å². The Balaban J connectivity index is 1.84. The molecule has 1 amide bonds. The minimum atomic E-state index is -0.894. The Morgan fingerprint density at radius 1 is 1.50 bits per heavy atom. The third-order valence-corrected chi connectivity index (χ3v) is 4.32. The fraction of sp³-hybridized carbons (Fsp3) is 0.667. The number of carboxylic acids is 1. The van der Waals surface area contributed by atoms with Crippen molar-refractivity contribution in [1.29, 1.82) is 0 Å². The van der Waals surface area contributed by atoms with Crippen molar-refractivity contribution >= 4 is 23.6 Å². The summed E-state index contributed by atoms with van der Waals surface area (Å²) in [6.45, 7) is 5.60. The molecule has 7 nitrogen and oxygen atoms in total. The number of rotatable bonds is 6. The lowest BCUT2D eigenvalue weighted by molar-refractivity contribution is -0.141. The summed E-state index contributed by atoms with van der Waals surface area (Å²) in [6, 6.07) is 0. The highest BCUT2D eigenvalue weighted by Gasteiger charge is 2.33. The van der Waals surface area contributed by atoms with Gasteiger partial charge in [0.2, 0.25) is 5.91 Å². The van der Waals surface area contributed by atoms with E-state index in [4.69, 9.17) is 5.11 Å². The average Bonchev–Trinajstić information content (AvgIpc) is 2.94. The third kappa shape index (κ3) is 3.12. The number of amides is 1. The average molecular weight is 298 g/mol.